The number of benzene rings is 1. The lowest BCUT2D eigenvalue weighted by Crippen LogP contribution is -2.19. The van der Waals surface area contributed by atoms with Crippen molar-refractivity contribution in [1.29, 1.82) is 0 Å². The first-order valence-corrected chi connectivity index (χ1v) is 7.25. The Kier molecular flexibility index (Phi) is 3.87. The molecule has 0 radical (unpaired) electrons. The van der Waals surface area contributed by atoms with Gasteiger partial charge in [-0.1, -0.05) is 18.2 Å². The van der Waals surface area contributed by atoms with Crippen molar-refractivity contribution >= 4 is 5.95 Å². The molecule has 0 bridgehead atoms. The van der Waals surface area contributed by atoms with E-state index in [4.69, 9.17) is 0 Å². The van der Waals surface area contributed by atoms with Gasteiger partial charge in [0, 0.05) is 37.2 Å². The van der Waals surface area contributed by atoms with Crippen molar-refractivity contribution in [3.63, 3.8) is 0 Å². The fourth-order valence-corrected chi connectivity index (χ4v) is 2.52. The maximum atomic E-state index is 4.68. The summed E-state index contributed by atoms with van der Waals surface area (Å²) in [6.45, 7) is 4.87. The molecule has 0 unspecified atom stereocenters. The molecule has 0 atom stereocenters. The second-order valence-corrected chi connectivity index (χ2v) is 5.30. The van der Waals surface area contributed by atoms with Gasteiger partial charge in [0.15, 0.2) is 0 Å². The van der Waals surface area contributed by atoms with Crippen molar-refractivity contribution in [2.45, 2.75) is 20.4 Å². The number of rotatable bonds is 4. The second kappa shape index (κ2) is 5.97. The first-order valence-electron chi connectivity index (χ1n) is 7.25. The van der Waals surface area contributed by atoms with E-state index in [2.05, 4.69) is 34.1 Å². The highest BCUT2D eigenvalue weighted by Gasteiger charge is 2.15. The van der Waals surface area contributed by atoms with Gasteiger partial charge in [-0.25, -0.2) is 14.6 Å². The van der Waals surface area contributed by atoms with Crippen molar-refractivity contribution in [3.05, 3.63) is 65.7 Å². The smallest absolute Gasteiger partial charge is 0.225 e. The van der Waals surface area contributed by atoms with Crippen LogP contribution in [0.25, 0.3) is 5.69 Å². The number of aryl methyl sites for hydroxylation is 1. The van der Waals surface area contributed by atoms with E-state index in [1.54, 1.807) is 12.4 Å². The lowest BCUT2D eigenvalue weighted by atomic mass is 10.2. The molecule has 1 aromatic carbocycles. The fraction of sp³-hybridized carbons (Fsp3) is 0.235. The summed E-state index contributed by atoms with van der Waals surface area (Å²) in [5.41, 5.74) is 4.46. The molecule has 0 aliphatic rings. The second-order valence-electron chi connectivity index (χ2n) is 5.30. The number of aromatic nitrogens is 4. The maximum absolute atomic E-state index is 4.68. The number of anilines is 1. The molecular formula is C17H19N5. The third kappa shape index (κ3) is 2.70. The van der Waals surface area contributed by atoms with Gasteiger partial charge >= 0.3 is 0 Å². The molecule has 0 amide bonds. The van der Waals surface area contributed by atoms with Gasteiger partial charge in [0.25, 0.3) is 0 Å². The molecule has 5 nitrogen and oxygen atoms in total. The summed E-state index contributed by atoms with van der Waals surface area (Å²) in [7, 11) is 1.99. The molecule has 0 spiro atoms. The molecule has 0 fully saturated rings. The highest BCUT2D eigenvalue weighted by atomic mass is 15.3. The molecule has 112 valence electrons. The molecule has 5 heteroatoms. The van der Waals surface area contributed by atoms with Crippen LogP contribution in [-0.2, 0) is 6.54 Å². The van der Waals surface area contributed by atoms with Crippen LogP contribution in [0.4, 0.5) is 5.95 Å². The Morgan fingerprint density at radius 1 is 1.00 bits per heavy atom. The molecule has 2 aromatic heterocycles. The van der Waals surface area contributed by atoms with Crippen molar-refractivity contribution in [2.75, 3.05) is 11.9 Å². The van der Waals surface area contributed by atoms with E-state index in [0.29, 0.717) is 5.95 Å². The molecule has 0 saturated heterocycles. The average molecular weight is 293 g/mol. The lowest BCUT2D eigenvalue weighted by molar-refractivity contribution is 0.828. The Labute approximate surface area is 130 Å². The quantitative estimate of drug-likeness (QED) is 0.742. The molecular weight excluding hydrogens is 274 g/mol. The summed E-state index contributed by atoms with van der Waals surface area (Å²) in [6.07, 6.45) is 3.51. The minimum absolute atomic E-state index is 0.716. The maximum Gasteiger partial charge on any atom is 0.225 e. The zero-order valence-electron chi connectivity index (χ0n) is 13.1. The largest absolute Gasteiger partial charge is 0.339 e. The summed E-state index contributed by atoms with van der Waals surface area (Å²) >= 11 is 0. The zero-order chi connectivity index (χ0) is 15.5. The van der Waals surface area contributed by atoms with Crippen molar-refractivity contribution < 1.29 is 0 Å². The Morgan fingerprint density at radius 3 is 2.36 bits per heavy atom. The molecule has 0 aliphatic heterocycles. The molecule has 0 aliphatic carbocycles. The van der Waals surface area contributed by atoms with E-state index in [-0.39, 0.29) is 0 Å². The van der Waals surface area contributed by atoms with Gasteiger partial charge in [-0.15, -0.1) is 0 Å². The summed E-state index contributed by atoms with van der Waals surface area (Å²) in [6, 6.07) is 12.0. The Balaban J connectivity index is 1.91. The molecule has 2 heterocycles. The molecule has 0 saturated carbocycles. The van der Waals surface area contributed by atoms with Crippen molar-refractivity contribution in [3.8, 4) is 5.69 Å². The van der Waals surface area contributed by atoms with Gasteiger partial charge in [-0.3, -0.25) is 0 Å². The molecule has 0 N–H and O–H groups in total. The Hall–Kier alpha value is -2.69. The van der Waals surface area contributed by atoms with Gasteiger partial charge in [0.2, 0.25) is 5.95 Å². The third-order valence-electron chi connectivity index (χ3n) is 3.73. The minimum Gasteiger partial charge on any atom is -0.339 e. The first kappa shape index (κ1) is 14.3. The molecule has 3 aromatic rings. The number of hydrogen-bond acceptors (Lipinski definition) is 4. The Morgan fingerprint density at radius 2 is 1.68 bits per heavy atom. The van der Waals surface area contributed by atoms with Crippen molar-refractivity contribution in [1.82, 2.24) is 19.7 Å². The van der Waals surface area contributed by atoms with Crippen LogP contribution in [0.1, 0.15) is 17.0 Å². The molecule has 3 rings (SSSR count). The normalized spacial score (nSPS) is 10.7. The summed E-state index contributed by atoms with van der Waals surface area (Å²) < 4.78 is 1.99. The van der Waals surface area contributed by atoms with E-state index in [1.807, 2.05) is 47.8 Å². The summed E-state index contributed by atoms with van der Waals surface area (Å²) in [5, 5.41) is 4.68. The van der Waals surface area contributed by atoms with E-state index >= 15 is 0 Å². The van der Waals surface area contributed by atoms with Gasteiger partial charge in [0.1, 0.15) is 0 Å². The Bertz CT molecular complexity index is 749. The molecule has 22 heavy (non-hydrogen) atoms. The predicted octanol–water partition coefficient (Wildman–Crippen LogP) is 2.92. The first-order chi connectivity index (χ1) is 10.7. The standard InChI is InChI=1S/C17H19N5/c1-13-16(12-21(3)17-18-10-7-11-19-17)14(2)22(20-13)15-8-5-4-6-9-15/h4-11H,12H2,1-3H3. The van der Waals surface area contributed by atoms with Gasteiger partial charge in [-0.05, 0) is 32.0 Å². The van der Waals surface area contributed by atoms with Gasteiger partial charge in [0.05, 0.1) is 11.4 Å². The number of nitrogens with zero attached hydrogens (tertiary/aromatic N) is 5. The third-order valence-corrected chi connectivity index (χ3v) is 3.73. The van der Waals surface area contributed by atoms with E-state index in [0.717, 1.165) is 23.6 Å². The van der Waals surface area contributed by atoms with Gasteiger partial charge < -0.3 is 4.90 Å². The lowest BCUT2D eigenvalue weighted by Gasteiger charge is -2.16. The van der Waals surface area contributed by atoms with Crippen LogP contribution < -0.4 is 4.90 Å². The van der Waals surface area contributed by atoms with Crippen LogP contribution in [0, 0.1) is 13.8 Å². The van der Waals surface area contributed by atoms with E-state index < -0.39 is 0 Å². The highest BCUT2D eigenvalue weighted by Crippen LogP contribution is 2.20. The zero-order valence-corrected chi connectivity index (χ0v) is 13.1. The van der Waals surface area contributed by atoms with Crippen LogP contribution in [0.5, 0.6) is 0 Å². The fourth-order valence-electron chi connectivity index (χ4n) is 2.52. The minimum atomic E-state index is 0.716. The van der Waals surface area contributed by atoms with E-state index in [9.17, 15) is 0 Å². The van der Waals surface area contributed by atoms with Gasteiger partial charge in [-0.2, -0.15) is 5.10 Å². The topological polar surface area (TPSA) is 46.8 Å². The summed E-state index contributed by atoms with van der Waals surface area (Å²) in [4.78, 5) is 10.6. The van der Waals surface area contributed by atoms with Crippen LogP contribution in [0.2, 0.25) is 0 Å². The number of hydrogen-bond donors (Lipinski definition) is 0. The SMILES string of the molecule is Cc1nn(-c2ccccc2)c(C)c1CN(C)c1ncccn1. The van der Waals surface area contributed by atoms with Crippen molar-refractivity contribution in [2.24, 2.45) is 0 Å². The monoisotopic (exact) mass is 293 g/mol. The average Bonchev–Trinajstić information content (AvgIpc) is 2.84. The van der Waals surface area contributed by atoms with E-state index in [1.165, 1.54) is 5.56 Å². The summed E-state index contributed by atoms with van der Waals surface area (Å²) in [5.74, 6) is 0.716. The van der Waals surface area contributed by atoms with Crippen LogP contribution >= 0.6 is 0 Å². The van der Waals surface area contributed by atoms with Crippen LogP contribution in [0.15, 0.2) is 48.8 Å². The van der Waals surface area contributed by atoms with Crippen LogP contribution in [0.3, 0.4) is 0 Å². The highest BCUT2D eigenvalue weighted by molar-refractivity contribution is 5.39. The predicted molar refractivity (Wildman–Crippen MR) is 87.2 cm³/mol. The van der Waals surface area contributed by atoms with Crippen LogP contribution in [-0.4, -0.2) is 26.8 Å². The number of para-hydroxylation sites is 1.